The van der Waals surface area contributed by atoms with Crippen molar-refractivity contribution in [1.82, 2.24) is 15.2 Å². The van der Waals surface area contributed by atoms with E-state index in [1.807, 2.05) is 45.0 Å². The smallest absolute Gasteiger partial charge is 0.261 e. The van der Waals surface area contributed by atoms with E-state index in [9.17, 15) is 4.79 Å². The third-order valence-electron chi connectivity index (χ3n) is 3.44. The molecule has 1 aromatic heterocycles. The first kappa shape index (κ1) is 17.2. The molecule has 0 bridgehead atoms. The molecule has 0 atom stereocenters. The summed E-state index contributed by atoms with van der Waals surface area (Å²) in [5.74, 6) is 0.552. The van der Waals surface area contributed by atoms with Gasteiger partial charge in [0.15, 0.2) is 0 Å². The van der Waals surface area contributed by atoms with Crippen molar-refractivity contribution in [2.75, 3.05) is 7.11 Å². The van der Waals surface area contributed by atoms with Crippen molar-refractivity contribution in [2.45, 2.75) is 27.3 Å². The van der Waals surface area contributed by atoms with Crippen molar-refractivity contribution in [1.29, 1.82) is 0 Å². The Labute approximate surface area is 143 Å². The van der Waals surface area contributed by atoms with Crippen molar-refractivity contribution >= 4 is 27.5 Å². The maximum absolute atomic E-state index is 12.0. The summed E-state index contributed by atoms with van der Waals surface area (Å²) in [6.45, 7) is 5.75. The van der Waals surface area contributed by atoms with Crippen LogP contribution in [-0.2, 0) is 11.3 Å². The lowest BCUT2D eigenvalue weighted by Crippen LogP contribution is -2.25. The van der Waals surface area contributed by atoms with Crippen LogP contribution >= 0.6 is 15.9 Å². The average Bonchev–Trinajstić information content (AvgIpc) is 2.79. The maximum Gasteiger partial charge on any atom is 0.261 e. The second-order valence-corrected chi connectivity index (χ2v) is 5.90. The summed E-state index contributed by atoms with van der Waals surface area (Å²) in [5, 5.41) is 8.43. The number of halogens is 1. The molecule has 0 aliphatic rings. The normalized spacial score (nSPS) is 11.4. The van der Waals surface area contributed by atoms with Crippen LogP contribution in [0.25, 0.3) is 0 Å². The van der Waals surface area contributed by atoms with Crippen molar-refractivity contribution in [2.24, 2.45) is 5.10 Å². The number of amides is 1. The molecule has 2 aromatic rings. The first-order valence-electron chi connectivity index (χ1n) is 7.09. The summed E-state index contributed by atoms with van der Waals surface area (Å²) in [5.41, 5.74) is 5.96. The van der Waals surface area contributed by atoms with E-state index in [1.54, 1.807) is 11.8 Å². The van der Waals surface area contributed by atoms with Gasteiger partial charge in [-0.15, -0.1) is 0 Å². The molecule has 0 unspecified atom stereocenters. The van der Waals surface area contributed by atoms with E-state index in [1.165, 1.54) is 0 Å². The van der Waals surface area contributed by atoms with Gasteiger partial charge < -0.3 is 4.74 Å². The topological polar surface area (TPSA) is 68.5 Å². The molecule has 2 rings (SSSR count). The summed E-state index contributed by atoms with van der Waals surface area (Å²) >= 11 is 3.44. The van der Waals surface area contributed by atoms with E-state index in [0.29, 0.717) is 0 Å². The molecule has 0 saturated carbocycles. The van der Waals surface area contributed by atoms with Crippen LogP contribution in [-0.4, -0.2) is 28.5 Å². The number of hydrogen-bond donors (Lipinski definition) is 1. The van der Waals surface area contributed by atoms with E-state index < -0.39 is 0 Å². The predicted octanol–water partition coefficient (Wildman–Crippen LogP) is 2.81. The van der Waals surface area contributed by atoms with Gasteiger partial charge in [0.2, 0.25) is 0 Å². The Kier molecular flexibility index (Phi) is 5.54. The quantitative estimate of drug-likeness (QED) is 0.642. The molecule has 0 fully saturated rings. The molecule has 1 heterocycles. The lowest BCUT2D eigenvalue weighted by molar-refractivity contribution is -0.121. The van der Waals surface area contributed by atoms with Crippen molar-refractivity contribution in [3.05, 3.63) is 45.7 Å². The lowest BCUT2D eigenvalue weighted by atomic mass is 10.1. The molecule has 1 aromatic carbocycles. The highest BCUT2D eigenvalue weighted by Gasteiger charge is 2.11. The van der Waals surface area contributed by atoms with Crippen molar-refractivity contribution < 1.29 is 9.53 Å². The van der Waals surface area contributed by atoms with Gasteiger partial charge in [0.05, 0.1) is 28.7 Å². The fourth-order valence-corrected chi connectivity index (χ4v) is 2.33. The minimum Gasteiger partial charge on any atom is -0.497 e. The molecule has 0 radical (unpaired) electrons. The number of hydrazone groups is 1. The van der Waals surface area contributed by atoms with Crippen molar-refractivity contribution in [3.63, 3.8) is 0 Å². The Morgan fingerprint density at radius 3 is 2.52 bits per heavy atom. The van der Waals surface area contributed by atoms with E-state index in [4.69, 9.17) is 4.74 Å². The van der Waals surface area contributed by atoms with Crippen LogP contribution in [0.2, 0.25) is 0 Å². The number of nitrogens with zero attached hydrogens (tertiary/aromatic N) is 3. The molecule has 1 amide bonds. The van der Waals surface area contributed by atoms with Gasteiger partial charge >= 0.3 is 0 Å². The first-order valence-corrected chi connectivity index (χ1v) is 7.88. The van der Waals surface area contributed by atoms with Crippen molar-refractivity contribution in [3.8, 4) is 5.75 Å². The number of carbonyl (C=O) groups is 1. The predicted molar refractivity (Wildman–Crippen MR) is 92.7 cm³/mol. The standard InChI is InChI=1S/C16H19BrN4O2/c1-10(13-5-7-14(23-4)8-6-13)18-19-15(22)9-21-12(3)16(17)11(2)20-21/h5-8H,9H2,1-4H3,(H,19,22)/b18-10+. The largest absolute Gasteiger partial charge is 0.497 e. The SMILES string of the molecule is COc1ccc(/C(C)=N/NC(=O)Cn2nc(C)c(Br)c2C)cc1. The Balaban J connectivity index is 2.00. The Morgan fingerprint density at radius 1 is 1.35 bits per heavy atom. The Morgan fingerprint density at radius 2 is 2.00 bits per heavy atom. The number of hydrogen-bond acceptors (Lipinski definition) is 4. The van der Waals surface area contributed by atoms with Crippen LogP contribution in [0.3, 0.4) is 0 Å². The highest BCUT2D eigenvalue weighted by Crippen LogP contribution is 2.19. The summed E-state index contributed by atoms with van der Waals surface area (Å²) in [7, 11) is 1.62. The van der Waals surface area contributed by atoms with Gasteiger partial charge in [0.25, 0.3) is 5.91 Å². The summed E-state index contributed by atoms with van der Waals surface area (Å²) < 4.78 is 7.68. The highest BCUT2D eigenvalue weighted by molar-refractivity contribution is 9.10. The summed E-state index contributed by atoms with van der Waals surface area (Å²) in [6.07, 6.45) is 0. The number of carbonyl (C=O) groups excluding carboxylic acids is 1. The number of nitrogens with one attached hydrogen (secondary N) is 1. The molecule has 0 spiro atoms. The summed E-state index contributed by atoms with van der Waals surface area (Å²) in [6, 6.07) is 7.48. The van der Waals surface area contributed by atoms with Gasteiger partial charge in [-0.05, 0) is 66.5 Å². The number of ether oxygens (including phenoxy) is 1. The average molecular weight is 379 g/mol. The van der Waals surface area contributed by atoms with Crippen LogP contribution in [0.5, 0.6) is 5.75 Å². The minimum atomic E-state index is -0.226. The molecule has 0 aliphatic heterocycles. The van der Waals surface area contributed by atoms with Crippen LogP contribution < -0.4 is 10.2 Å². The molecule has 6 nitrogen and oxygen atoms in total. The fraction of sp³-hybridized carbons (Fsp3) is 0.312. The number of methoxy groups -OCH3 is 1. The van der Waals surface area contributed by atoms with Gasteiger partial charge in [0.1, 0.15) is 12.3 Å². The van der Waals surface area contributed by atoms with Gasteiger partial charge in [-0.3, -0.25) is 9.48 Å². The van der Waals surface area contributed by atoms with E-state index in [2.05, 4.69) is 31.6 Å². The second-order valence-electron chi connectivity index (χ2n) is 5.10. The number of benzene rings is 1. The van der Waals surface area contributed by atoms with Crippen LogP contribution in [0.1, 0.15) is 23.9 Å². The monoisotopic (exact) mass is 378 g/mol. The maximum atomic E-state index is 12.0. The number of rotatable bonds is 5. The number of aromatic nitrogens is 2. The minimum absolute atomic E-state index is 0.123. The molecular weight excluding hydrogens is 360 g/mol. The Bertz CT molecular complexity index is 735. The molecule has 1 N–H and O–H groups in total. The first-order chi connectivity index (χ1) is 10.9. The van der Waals surface area contributed by atoms with Gasteiger partial charge in [0, 0.05) is 0 Å². The molecule has 23 heavy (non-hydrogen) atoms. The fourth-order valence-electron chi connectivity index (χ4n) is 2.04. The molecule has 0 saturated heterocycles. The lowest BCUT2D eigenvalue weighted by Gasteiger charge is -2.05. The van der Waals surface area contributed by atoms with Crippen LogP contribution in [0, 0.1) is 13.8 Å². The molecule has 122 valence electrons. The van der Waals surface area contributed by atoms with E-state index in [-0.39, 0.29) is 12.5 Å². The zero-order valence-corrected chi connectivity index (χ0v) is 15.1. The third-order valence-corrected chi connectivity index (χ3v) is 4.59. The van der Waals surface area contributed by atoms with Crippen LogP contribution in [0.4, 0.5) is 0 Å². The zero-order chi connectivity index (χ0) is 17.0. The van der Waals surface area contributed by atoms with E-state index >= 15 is 0 Å². The molecule has 0 aliphatic carbocycles. The summed E-state index contributed by atoms with van der Waals surface area (Å²) in [4.78, 5) is 12.0. The molecule has 7 heteroatoms. The van der Waals surface area contributed by atoms with Gasteiger partial charge in [-0.25, -0.2) is 5.43 Å². The van der Waals surface area contributed by atoms with Gasteiger partial charge in [-0.2, -0.15) is 10.2 Å². The van der Waals surface area contributed by atoms with Gasteiger partial charge in [-0.1, -0.05) is 0 Å². The second kappa shape index (κ2) is 7.41. The van der Waals surface area contributed by atoms with E-state index in [0.717, 1.165) is 32.9 Å². The zero-order valence-electron chi connectivity index (χ0n) is 13.6. The van der Waals surface area contributed by atoms with Crippen LogP contribution in [0.15, 0.2) is 33.8 Å². The number of aryl methyl sites for hydroxylation is 1. The highest BCUT2D eigenvalue weighted by atomic mass is 79.9. The molecular formula is C16H19BrN4O2. The Hall–Kier alpha value is -2.15. The third kappa shape index (κ3) is 4.19.